The number of halogens is 2. The Labute approximate surface area is 154 Å². The van der Waals surface area contributed by atoms with E-state index in [1.165, 1.54) is 18.3 Å². The molecule has 0 atom stereocenters. The summed E-state index contributed by atoms with van der Waals surface area (Å²) in [5, 5.41) is 5.51. The molecule has 1 aromatic heterocycles. The second-order valence-corrected chi connectivity index (χ2v) is 5.38. The zero-order valence-electron chi connectivity index (χ0n) is 14.4. The first-order valence-electron chi connectivity index (χ1n) is 8.15. The summed E-state index contributed by atoms with van der Waals surface area (Å²) in [6.45, 7) is 1.96. The molecule has 2 aromatic carbocycles. The average Bonchev–Trinajstić information content (AvgIpc) is 2.66. The van der Waals surface area contributed by atoms with E-state index < -0.39 is 17.6 Å². The molecule has 0 unspecified atom stereocenters. The SMILES string of the molecule is CCOC(=O)c1ccccc1Nc1nccc(Nc2c(F)cccc2F)n1. The van der Waals surface area contributed by atoms with Crippen LogP contribution in [0.15, 0.2) is 54.7 Å². The number of rotatable bonds is 6. The molecule has 0 aliphatic rings. The van der Waals surface area contributed by atoms with E-state index in [1.807, 2.05) is 0 Å². The minimum absolute atomic E-state index is 0.147. The Bertz CT molecular complexity index is 946. The summed E-state index contributed by atoms with van der Waals surface area (Å²) in [5.41, 5.74) is 0.459. The molecular formula is C19H16F2N4O2. The lowest BCUT2D eigenvalue weighted by Crippen LogP contribution is -2.09. The van der Waals surface area contributed by atoms with Crippen LogP contribution in [-0.4, -0.2) is 22.5 Å². The molecule has 27 heavy (non-hydrogen) atoms. The number of hydrogen-bond donors (Lipinski definition) is 2. The van der Waals surface area contributed by atoms with Gasteiger partial charge in [-0.05, 0) is 37.3 Å². The first kappa shape index (κ1) is 18.2. The molecule has 0 fully saturated rings. The number of carbonyl (C=O) groups excluding carboxylic acids is 1. The summed E-state index contributed by atoms with van der Waals surface area (Å²) in [7, 11) is 0. The molecule has 3 aromatic rings. The van der Waals surface area contributed by atoms with E-state index in [1.54, 1.807) is 31.2 Å². The second-order valence-electron chi connectivity index (χ2n) is 5.38. The van der Waals surface area contributed by atoms with E-state index in [9.17, 15) is 13.6 Å². The maximum absolute atomic E-state index is 13.8. The summed E-state index contributed by atoms with van der Waals surface area (Å²) < 4.78 is 32.6. The quantitative estimate of drug-likeness (QED) is 0.626. The molecule has 1 heterocycles. The third-order valence-electron chi connectivity index (χ3n) is 3.54. The van der Waals surface area contributed by atoms with Crippen LogP contribution in [0.3, 0.4) is 0 Å². The summed E-state index contributed by atoms with van der Waals surface area (Å²) >= 11 is 0. The molecule has 0 saturated carbocycles. The summed E-state index contributed by atoms with van der Waals surface area (Å²) in [5.74, 6) is -1.63. The van der Waals surface area contributed by atoms with Crippen LogP contribution in [0.5, 0.6) is 0 Å². The maximum atomic E-state index is 13.8. The lowest BCUT2D eigenvalue weighted by molar-refractivity contribution is 0.0527. The lowest BCUT2D eigenvalue weighted by Gasteiger charge is -2.12. The highest BCUT2D eigenvalue weighted by molar-refractivity contribution is 5.96. The fourth-order valence-corrected chi connectivity index (χ4v) is 2.33. The number of carbonyl (C=O) groups is 1. The molecule has 3 rings (SSSR count). The predicted octanol–water partition coefficient (Wildman–Crippen LogP) is 4.42. The molecule has 0 bridgehead atoms. The maximum Gasteiger partial charge on any atom is 0.340 e. The van der Waals surface area contributed by atoms with E-state index in [-0.39, 0.29) is 24.1 Å². The molecule has 0 radical (unpaired) electrons. The van der Waals surface area contributed by atoms with Gasteiger partial charge >= 0.3 is 5.97 Å². The van der Waals surface area contributed by atoms with Crippen molar-refractivity contribution in [3.8, 4) is 0 Å². The van der Waals surface area contributed by atoms with E-state index in [0.717, 1.165) is 12.1 Å². The van der Waals surface area contributed by atoms with E-state index in [0.29, 0.717) is 11.3 Å². The normalized spacial score (nSPS) is 10.3. The molecule has 2 N–H and O–H groups in total. The van der Waals surface area contributed by atoms with Crippen molar-refractivity contribution in [2.75, 3.05) is 17.2 Å². The number of esters is 1. The van der Waals surface area contributed by atoms with Crippen molar-refractivity contribution in [1.29, 1.82) is 0 Å². The topological polar surface area (TPSA) is 76.1 Å². The molecular weight excluding hydrogens is 354 g/mol. The molecule has 138 valence electrons. The second kappa shape index (κ2) is 8.22. The number of anilines is 4. The first-order valence-corrected chi connectivity index (χ1v) is 8.15. The molecule has 0 saturated heterocycles. The van der Waals surface area contributed by atoms with Gasteiger partial charge in [-0.1, -0.05) is 18.2 Å². The van der Waals surface area contributed by atoms with E-state index in [2.05, 4.69) is 20.6 Å². The standard InChI is InChI=1S/C19H16F2N4O2/c1-2-27-18(26)12-6-3-4-9-15(12)23-19-22-11-10-16(25-19)24-17-13(20)7-5-8-14(17)21/h3-11H,2H2,1H3,(H2,22,23,24,25). The van der Waals surface area contributed by atoms with Crippen LogP contribution < -0.4 is 10.6 Å². The Balaban J connectivity index is 1.84. The van der Waals surface area contributed by atoms with Gasteiger partial charge in [0.2, 0.25) is 5.95 Å². The Kier molecular flexibility index (Phi) is 5.55. The monoisotopic (exact) mass is 370 g/mol. The highest BCUT2D eigenvalue weighted by atomic mass is 19.1. The van der Waals surface area contributed by atoms with Crippen molar-refractivity contribution >= 4 is 29.1 Å². The van der Waals surface area contributed by atoms with E-state index in [4.69, 9.17) is 4.74 Å². The van der Waals surface area contributed by atoms with Crippen molar-refractivity contribution in [3.05, 3.63) is 71.9 Å². The van der Waals surface area contributed by atoms with Gasteiger partial charge in [0.15, 0.2) is 0 Å². The zero-order chi connectivity index (χ0) is 19.2. The van der Waals surface area contributed by atoms with Crippen LogP contribution in [0, 0.1) is 11.6 Å². The van der Waals surface area contributed by atoms with Crippen LogP contribution in [0.1, 0.15) is 17.3 Å². The molecule has 0 aliphatic carbocycles. The van der Waals surface area contributed by atoms with Crippen molar-refractivity contribution < 1.29 is 18.3 Å². The highest BCUT2D eigenvalue weighted by Crippen LogP contribution is 2.24. The Morgan fingerprint density at radius 3 is 2.52 bits per heavy atom. The summed E-state index contributed by atoms with van der Waals surface area (Å²) in [6, 6.07) is 11.7. The van der Waals surface area contributed by atoms with Crippen molar-refractivity contribution in [1.82, 2.24) is 9.97 Å². The lowest BCUT2D eigenvalue weighted by atomic mass is 10.2. The number of ether oxygens (including phenoxy) is 1. The number of nitrogens with zero attached hydrogens (tertiary/aromatic N) is 2. The van der Waals surface area contributed by atoms with Gasteiger partial charge in [0.25, 0.3) is 0 Å². The molecule has 8 heteroatoms. The van der Waals surface area contributed by atoms with E-state index >= 15 is 0 Å². The number of nitrogens with one attached hydrogen (secondary N) is 2. The zero-order valence-corrected chi connectivity index (χ0v) is 14.4. The van der Waals surface area contributed by atoms with Gasteiger partial charge in [0.05, 0.1) is 17.9 Å². The van der Waals surface area contributed by atoms with Crippen LogP contribution >= 0.6 is 0 Å². The Morgan fingerprint density at radius 2 is 1.78 bits per heavy atom. The average molecular weight is 370 g/mol. The van der Waals surface area contributed by atoms with Gasteiger partial charge in [-0.2, -0.15) is 4.98 Å². The van der Waals surface area contributed by atoms with Crippen LogP contribution in [0.2, 0.25) is 0 Å². The van der Waals surface area contributed by atoms with Gasteiger partial charge < -0.3 is 15.4 Å². The fourth-order valence-electron chi connectivity index (χ4n) is 2.33. The first-order chi connectivity index (χ1) is 13.1. The number of para-hydroxylation sites is 2. The third kappa shape index (κ3) is 4.35. The van der Waals surface area contributed by atoms with Crippen LogP contribution in [0.25, 0.3) is 0 Å². The van der Waals surface area contributed by atoms with Gasteiger partial charge in [0, 0.05) is 6.20 Å². The largest absolute Gasteiger partial charge is 0.462 e. The minimum atomic E-state index is -0.740. The Morgan fingerprint density at radius 1 is 1.04 bits per heavy atom. The Hall–Kier alpha value is -3.55. The van der Waals surface area contributed by atoms with Crippen molar-refractivity contribution in [2.24, 2.45) is 0 Å². The predicted molar refractivity (Wildman–Crippen MR) is 97.4 cm³/mol. The van der Waals surface area contributed by atoms with Crippen LogP contribution in [-0.2, 0) is 4.74 Å². The van der Waals surface area contributed by atoms with Crippen LogP contribution in [0.4, 0.5) is 31.9 Å². The number of hydrogen-bond acceptors (Lipinski definition) is 6. The van der Waals surface area contributed by atoms with Crippen molar-refractivity contribution in [2.45, 2.75) is 6.92 Å². The van der Waals surface area contributed by atoms with Gasteiger partial charge in [0.1, 0.15) is 23.1 Å². The van der Waals surface area contributed by atoms with Gasteiger partial charge in [-0.15, -0.1) is 0 Å². The molecule has 0 aliphatic heterocycles. The number of aromatic nitrogens is 2. The highest BCUT2D eigenvalue weighted by Gasteiger charge is 2.14. The summed E-state index contributed by atoms with van der Waals surface area (Å²) in [4.78, 5) is 20.3. The van der Waals surface area contributed by atoms with Gasteiger partial charge in [-0.3, -0.25) is 0 Å². The minimum Gasteiger partial charge on any atom is -0.462 e. The molecule has 0 spiro atoms. The smallest absolute Gasteiger partial charge is 0.340 e. The van der Waals surface area contributed by atoms with Gasteiger partial charge in [-0.25, -0.2) is 18.6 Å². The fraction of sp³-hybridized carbons (Fsp3) is 0.105. The molecule has 6 nitrogen and oxygen atoms in total. The van der Waals surface area contributed by atoms with Crippen molar-refractivity contribution in [3.63, 3.8) is 0 Å². The summed E-state index contributed by atoms with van der Waals surface area (Å²) in [6.07, 6.45) is 1.42. The third-order valence-corrected chi connectivity index (χ3v) is 3.54. The molecule has 0 amide bonds. The number of benzene rings is 2.